The van der Waals surface area contributed by atoms with Crippen LogP contribution in [-0.2, 0) is 13.5 Å². The third-order valence-electron chi connectivity index (χ3n) is 4.72. The number of hydrogen-bond donors (Lipinski definition) is 1. The van der Waals surface area contributed by atoms with Crippen LogP contribution in [0.2, 0.25) is 0 Å². The van der Waals surface area contributed by atoms with Gasteiger partial charge in [0.25, 0.3) is 0 Å². The highest BCUT2D eigenvalue weighted by Crippen LogP contribution is 2.24. The molecule has 1 aliphatic rings. The molecule has 0 radical (unpaired) electrons. The summed E-state index contributed by atoms with van der Waals surface area (Å²) in [6.45, 7) is 2.27. The summed E-state index contributed by atoms with van der Waals surface area (Å²) in [4.78, 5) is 13.9. The first-order chi connectivity index (χ1) is 11.8. The summed E-state index contributed by atoms with van der Waals surface area (Å²) >= 11 is 0. The maximum Gasteiger partial charge on any atom is 0.110 e. The Hall–Kier alpha value is -2.34. The second-order valence-corrected chi connectivity index (χ2v) is 6.53. The summed E-state index contributed by atoms with van der Waals surface area (Å²) < 4.78 is 1.80. The van der Waals surface area contributed by atoms with Gasteiger partial charge in [-0.3, -0.25) is 19.6 Å². The molecule has 0 amide bonds. The molecule has 3 aromatic heterocycles. The zero-order valence-electron chi connectivity index (χ0n) is 13.9. The molecule has 6 nitrogen and oxygen atoms in total. The Kier molecular flexibility index (Phi) is 4.21. The Morgan fingerprint density at radius 2 is 2.21 bits per heavy atom. The summed E-state index contributed by atoms with van der Waals surface area (Å²) in [6.07, 6.45) is 12.0. The van der Waals surface area contributed by atoms with Gasteiger partial charge < -0.3 is 5.32 Å². The summed E-state index contributed by atoms with van der Waals surface area (Å²) in [5.41, 5.74) is 4.82. The molecule has 1 atom stereocenters. The molecular formula is C18H22N6. The lowest BCUT2D eigenvalue weighted by molar-refractivity contribution is 0.357. The third kappa shape index (κ3) is 3.14. The number of piperidine rings is 1. The molecule has 1 unspecified atom stereocenters. The normalized spacial score (nSPS) is 18.1. The fourth-order valence-electron chi connectivity index (χ4n) is 3.42. The van der Waals surface area contributed by atoms with Crippen LogP contribution in [0.3, 0.4) is 0 Å². The van der Waals surface area contributed by atoms with Gasteiger partial charge in [0, 0.05) is 31.2 Å². The van der Waals surface area contributed by atoms with E-state index in [-0.39, 0.29) is 0 Å². The van der Waals surface area contributed by atoms with Crippen molar-refractivity contribution in [3.8, 4) is 11.3 Å². The van der Waals surface area contributed by atoms with Gasteiger partial charge in [0.15, 0.2) is 0 Å². The van der Waals surface area contributed by atoms with E-state index in [1.807, 2.05) is 25.5 Å². The van der Waals surface area contributed by atoms with Crippen molar-refractivity contribution in [2.45, 2.75) is 25.7 Å². The first-order valence-corrected chi connectivity index (χ1v) is 8.60. The Balaban J connectivity index is 1.66. The van der Waals surface area contributed by atoms with E-state index in [1.54, 1.807) is 17.1 Å². The molecule has 1 saturated heterocycles. The van der Waals surface area contributed by atoms with Crippen LogP contribution in [0.5, 0.6) is 0 Å². The highest BCUT2D eigenvalue weighted by atomic mass is 15.2. The summed E-state index contributed by atoms with van der Waals surface area (Å²) in [5, 5.41) is 7.74. The number of hydrogen-bond acceptors (Lipinski definition) is 5. The van der Waals surface area contributed by atoms with Crippen LogP contribution in [-0.4, -0.2) is 37.8 Å². The van der Waals surface area contributed by atoms with E-state index in [0.717, 1.165) is 59.8 Å². The van der Waals surface area contributed by atoms with Gasteiger partial charge in [-0.05, 0) is 50.8 Å². The molecule has 0 spiro atoms. The van der Waals surface area contributed by atoms with Crippen molar-refractivity contribution in [1.29, 1.82) is 0 Å². The molecule has 0 aliphatic carbocycles. The van der Waals surface area contributed by atoms with Crippen molar-refractivity contribution >= 4 is 11.0 Å². The third-order valence-corrected chi connectivity index (χ3v) is 4.72. The molecule has 3 aromatic rings. The van der Waals surface area contributed by atoms with Gasteiger partial charge in [-0.2, -0.15) is 5.10 Å². The van der Waals surface area contributed by atoms with Crippen molar-refractivity contribution in [1.82, 2.24) is 30.0 Å². The van der Waals surface area contributed by atoms with Gasteiger partial charge in [-0.15, -0.1) is 0 Å². The summed E-state index contributed by atoms with van der Waals surface area (Å²) in [5.74, 6) is 0.731. The molecular weight excluding hydrogens is 300 g/mol. The zero-order chi connectivity index (χ0) is 16.4. The number of rotatable bonds is 4. The Labute approximate surface area is 141 Å². The number of aromatic nitrogens is 5. The minimum atomic E-state index is 0.731. The van der Waals surface area contributed by atoms with Gasteiger partial charge in [0.2, 0.25) is 0 Å². The minimum absolute atomic E-state index is 0.731. The van der Waals surface area contributed by atoms with E-state index in [0.29, 0.717) is 0 Å². The van der Waals surface area contributed by atoms with Gasteiger partial charge >= 0.3 is 0 Å². The maximum atomic E-state index is 4.89. The van der Waals surface area contributed by atoms with E-state index in [4.69, 9.17) is 4.98 Å². The smallest absolute Gasteiger partial charge is 0.110 e. The Morgan fingerprint density at radius 1 is 1.29 bits per heavy atom. The van der Waals surface area contributed by atoms with Crippen molar-refractivity contribution < 1.29 is 0 Å². The first kappa shape index (κ1) is 15.2. The summed E-state index contributed by atoms with van der Waals surface area (Å²) in [7, 11) is 1.92. The van der Waals surface area contributed by atoms with E-state index < -0.39 is 0 Å². The maximum absolute atomic E-state index is 4.89. The second kappa shape index (κ2) is 6.65. The SMILES string of the molecule is Cn1cc(-c2cc3nccnc3c(CCC3CCCNC3)n2)cn1. The summed E-state index contributed by atoms with van der Waals surface area (Å²) in [6, 6.07) is 2.00. The molecule has 1 aliphatic heterocycles. The van der Waals surface area contributed by atoms with Crippen LogP contribution in [0, 0.1) is 5.92 Å². The molecule has 124 valence electrons. The second-order valence-electron chi connectivity index (χ2n) is 6.53. The monoisotopic (exact) mass is 322 g/mol. The molecule has 6 heteroatoms. The van der Waals surface area contributed by atoms with Crippen molar-refractivity contribution in [3.63, 3.8) is 0 Å². The average Bonchev–Trinajstić information content (AvgIpc) is 3.07. The zero-order valence-corrected chi connectivity index (χ0v) is 13.9. The van der Waals surface area contributed by atoms with Gasteiger partial charge in [-0.25, -0.2) is 0 Å². The van der Waals surface area contributed by atoms with Crippen molar-refractivity contribution in [2.24, 2.45) is 13.0 Å². The van der Waals surface area contributed by atoms with Crippen LogP contribution < -0.4 is 5.32 Å². The first-order valence-electron chi connectivity index (χ1n) is 8.60. The van der Waals surface area contributed by atoms with E-state index in [1.165, 1.54) is 12.8 Å². The molecule has 0 bridgehead atoms. The van der Waals surface area contributed by atoms with Crippen LogP contribution in [0.4, 0.5) is 0 Å². The molecule has 4 heterocycles. The molecule has 4 rings (SSSR count). The lowest BCUT2D eigenvalue weighted by atomic mass is 9.93. The van der Waals surface area contributed by atoms with Crippen molar-refractivity contribution in [3.05, 3.63) is 36.5 Å². The number of fused-ring (bicyclic) bond motifs is 1. The highest BCUT2D eigenvalue weighted by molar-refractivity contribution is 5.80. The van der Waals surface area contributed by atoms with Crippen LogP contribution in [0.1, 0.15) is 25.0 Å². The number of nitrogens with one attached hydrogen (secondary N) is 1. The standard InChI is InChI=1S/C18H22N6/c1-24-12-14(11-22-24)16-9-17-18(21-8-7-20-17)15(23-16)5-4-13-3-2-6-19-10-13/h7-9,11-13,19H,2-6,10H2,1H3. The van der Waals surface area contributed by atoms with E-state index >= 15 is 0 Å². The fraction of sp³-hybridized carbons (Fsp3) is 0.444. The van der Waals surface area contributed by atoms with E-state index in [9.17, 15) is 0 Å². The van der Waals surface area contributed by atoms with Crippen LogP contribution >= 0.6 is 0 Å². The van der Waals surface area contributed by atoms with E-state index in [2.05, 4.69) is 20.4 Å². The largest absolute Gasteiger partial charge is 0.316 e. The van der Waals surface area contributed by atoms with Crippen molar-refractivity contribution in [2.75, 3.05) is 13.1 Å². The molecule has 24 heavy (non-hydrogen) atoms. The molecule has 1 fully saturated rings. The number of nitrogens with zero attached hydrogens (tertiary/aromatic N) is 5. The average molecular weight is 322 g/mol. The lowest BCUT2D eigenvalue weighted by Gasteiger charge is -2.22. The predicted molar refractivity (Wildman–Crippen MR) is 93.4 cm³/mol. The van der Waals surface area contributed by atoms with Gasteiger partial charge in [-0.1, -0.05) is 0 Å². The fourth-order valence-corrected chi connectivity index (χ4v) is 3.42. The Bertz CT molecular complexity index is 834. The predicted octanol–water partition coefficient (Wildman–Crippen LogP) is 2.36. The Morgan fingerprint density at radius 3 is 3.00 bits per heavy atom. The topological polar surface area (TPSA) is 68.5 Å². The molecule has 0 aromatic carbocycles. The molecule has 0 saturated carbocycles. The highest BCUT2D eigenvalue weighted by Gasteiger charge is 2.16. The number of aryl methyl sites for hydroxylation is 2. The number of pyridine rings is 1. The minimum Gasteiger partial charge on any atom is -0.316 e. The van der Waals surface area contributed by atoms with Crippen LogP contribution in [0.25, 0.3) is 22.3 Å². The molecule has 1 N–H and O–H groups in total. The van der Waals surface area contributed by atoms with Crippen LogP contribution in [0.15, 0.2) is 30.9 Å². The lowest BCUT2D eigenvalue weighted by Crippen LogP contribution is -2.30. The van der Waals surface area contributed by atoms with Gasteiger partial charge in [0.05, 0.1) is 23.1 Å². The van der Waals surface area contributed by atoms with Gasteiger partial charge in [0.1, 0.15) is 5.52 Å². The quantitative estimate of drug-likeness (QED) is 0.798.